The zero-order chi connectivity index (χ0) is 22.6. The van der Waals surface area contributed by atoms with Gasteiger partial charge in [0.15, 0.2) is 5.82 Å². The van der Waals surface area contributed by atoms with Crippen LogP contribution in [0.3, 0.4) is 0 Å². The second-order valence-corrected chi connectivity index (χ2v) is 8.61. The molecule has 6 nitrogen and oxygen atoms in total. The fraction of sp³-hybridized carbons (Fsp3) is 0.391. The first kappa shape index (κ1) is 20.7. The standard InChI is InChI=1S/C23H22F3N5O/c1-13-5-3-6-16(9-13)30-12-27-29-21(30)20-17-7-4-8-18(17)22(32)31(20)19-11-15(23(24,25)26)10-14(2)28-19/h3,5-6,9-12,17-18,20H,4,7-8H2,1-2H3. The van der Waals surface area contributed by atoms with E-state index in [0.29, 0.717) is 12.2 Å². The lowest BCUT2D eigenvalue weighted by Gasteiger charge is -2.27. The largest absolute Gasteiger partial charge is 0.416 e. The Morgan fingerprint density at radius 1 is 1.09 bits per heavy atom. The fourth-order valence-electron chi connectivity index (χ4n) is 5.10. The molecule has 32 heavy (non-hydrogen) atoms. The van der Waals surface area contributed by atoms with Crippen LogP contribution in [0.5, 0.6) is 0 Å². The van der Waals surface area contributed by atoms with Gasteiger partial charge in [-0.2, -0.15) is 13.2 Å². The number of fused-ring (bicyclic) bond motifs is 1. The van der Waals surface area contributed by atoms with E-state index in [4.69, 9.17) is 0 Å². The van der Waals surface area contributed by atoms with Crippen molar-refractivity contribution in [2.45, 2.75) is 45.3 Å². The van der Waals surface area contributed by atoms with Crippen LogP contribution in [0.4, 0.5) is 19.0 Å². The van der Waals surface area contributed by atoms with Crippen molar-refractivity contribution in [1.29, 1.82) is 0 Å². The van der Waals surface area contributed by atoms with Gasteiger partial charge in [0.05, 0.1) is 5.56 Å². The minimum atomic E-state index is -4.53. The fourth-order valence-corrected chi connectivity index (χ4v) is 5.10. The first-order chi connectivity index (χ1) is 15.2. The molecule has 3 aromatic rings. The topological polar surface area (TPSA) is 63.9 Å². The van der Waals surface area contributed by atoms with Crippen LogP contribution in [-0.4, -0.2) is 25.7 Å². The first-order valence-electron chi connectivity index (χ1n) is 10.6. The highest BCUT2D eigenvalue weighted by molar-refractivity contribution is 5.98. The molecule has 3 unspecified atom stereocenters. The Labute approximate surface area is 183 Å². The molecule has 0 bridgehead atoms. The summed E-state index contributed by atoms with van der Waals surface area (Å²) in [7, 11) is 0. The average Bonchev–Trinajstić information content (AvgIpc) is 3.44. The van der Waals surface area contributed by atoms with Gasteiger partial charge in [-0.05, 0) is 62.4 Å². The van der Waals surface area contributed by atoms with Gasteiger partial charge in [0.2, 0.25) is 5.91 Å². The summed E-state index contributed by atoms with van der Waals surface area (Å²) in [6, 6.07) is 9.21. The molecule has 9 heteroatoms. The highest BCUT2D eigenvalue weighted by atomic mass is 19.4. The minimum Gasteiger partial charge on any atom is -0.285 e. The van der Waals surface area contributed by atoms with Crippen LogP contribution in [0.1, 0.15) is 47.9 Å². The van der Waals surface area contributed by atoms with E-state index in [1.807, 2.05) is 35.8 Å². The molecule has 1 aliphatic heterocycles. The number of hydrogen-bond acceptors (Lipinski definition) is 4. The Balaban J connectivity index is 1.66. The molecule has 1 amide bonds. The number of hydrogen-bond donors (Lipinski definition) is 0. The second kappa shape index (κ2) is 7.43. The first-order valence-corrected chi connectivity index (χ1v) is 10.6. The SMILES string of the molecule is Cc1cccc(-n2cnnc2C2C3CCCC3C(=O)N2c2cc(C(F)(F)F)cc(C)n2)c1. The van der Waals surface area contributed by atoms with Crippen LogP contribution >= 0.6 is 0 Å². The molecule has 3 heterocycles. The van der Waals surface area contributed by atoms with E-state index < -0.39 is 17.8 Å². The smallest absolute Gasteiger partial charge is 0.285 e. The molecule has 1 aromatic carbocycles. The van der Waals surface area contributed by atoms with Crippen LogP contribution in [-0.2, 0) is 11.0 Å². The number of pyridine rings is 1. The molecule has 0 N–H and O–H groups in total. The van der Waals surface area contributed by atoms with Crippen molar-refractivity contribution in [2.75, 3.05) is 4.90 Å². The minimum absolute atomic E-state index is 0.0144. The van der Waals surface area contributed by atoms with E-state index in [9.17, 15) is 18.0 Å². The predicted molar refractivity (Wildman–Crippen MR) is 111 cm³/mol. The van der Waals surface area contributed by atoms with Gasteiger partial charge in [0.1, 0.15) is 18.2 Å². The summed E-state index contributed by atoms with van der Waals surface area (Å²) < 4.78 is 42.3. The number of amides is 1. The van der Waals surface area contributed by atoms with Crippen molar-refractivity contribution in [1.82, 2.24) is 19.7 Å². The van der Waals surface area contributed by atoms with Crippen molar-refractivity contribution in [2.24, 2.45) is 11.8 Å². The summed E-state index contributed by atoms with van der Waals surface area (Å²) in [5.41, 5.74) is 1.28. The average molecular weight is 441 g/mol. The number of halogens is 3. The summed E-state index contributed by atoms with van der Waals surface area (Å²) >= 11 is 0. The summed E-state index contributed by atoms with van der Waals surface area (Å²) in [6.45, 7) is 3.48. The number of alkyl halides is 3. The molecule has 0 radical (unpaired) electrons. The Morgan fingerprint density at radius 3 is 2.66 bits per heavy atom. The molecule has 5 rings (SSSR count). The van der Waals surface area contributed by atoms with Gasteiger partial charge >= 0.3 is 6.18 Å². The number of aryl methyl sites for hydroxylation is 2. The third-order valence-corrected chi connectivity index (χ3v) is 6.44. The number of anilines is 1. The Morgan fingerprint density at radius 2 is 1.91 bits per heavy atom. The molecule has 1 saturated carbocycles. The van der Waals surface area contributed by atoms with Crippen LogP contribution in [0.15, 0.2) is 42.7 Å². The molecule has 166 valence electrons. The highest BCUT2D eigenvalue weighted by Crippen LogP contribution is 2.51. The molecule has 1 aliphatic carbocycles. The van der Waals surface area contributed by atoms with E-state index in [1.165, 1.54) is 11.8 Å². The number of nitrogens with zero attached hydrogens (tertiary/aromatic N) is 5. The monoisotopic (exact) mass is 441 g/mol. The van der Waals surface area contributed by atoms with Crippen molar-refractivity contribution >= 4 is 11.7 Å². The second-order valence-electron chi connectivity index (χ2n) is 8.61. The maximum Gasteiger partial charge on any atom is 0.416 e. The van der Waals surface area contributed by atoms with Crippen LogP contribution in [0.2, 0.25) is 0 Å². The highest BCUT2D eigenvalue weighted by Gasteiger charge is 2.53. The van der Waals surface area contributed by atoms with Crippen molar-refractivity contribution in [3.63, 3.8) is 0 Å². The quantitative estimate of drug-likeness (QED) is 0.586. The number of rotatable bonds is 3. The van der Waals surface area contributed by atoms with E-state index in [2.05, 4.69) is 15.2 Å². The zero-order valence-electron chi connectivity index (χ0n) is 17.7. The van der Waals surface area contributed by atoms with Crippen LogP contribution in [0, 0.1) is 25.7 Å². The van der Waals surface area contributed by atoms with E-state index >= 15 is 0 Å². The van der Waals surface area contributed by atoms with Gasteiger partial charge < -0.3 is 0 Å². The van der Waals surface area contributed by atoms with Crippen molar-refractivity contribution < 1.29 is 18.0 Å². The third-order valence-electron chi connectivity index (χ3n) is 6.44. The Kier molecular flexibility index (Phi) is 4.79. The number of aromatic nitrogens is 4. The lowest BCUT2D eigenvalue weighted by atomic mass is 9.93. The van der Waals surface area contributed by atoms with Gasteiger partial charge in [-0.1, -0.05) is 18.6 Å². The molecule has 2 aromatic heterocycles. The Hall–Kier alpha value is -3.23. The summed E-state index contributed by atoms with van der Waals surface area (Å²) in [6.07, 6.45) is -0.527. The van der Waals surface area contributed by atoms with E-state index in [1.54, 1.807) is 6.33 Å². The molecule has 3 atom stereocenters. The van der Waals surface area contributed by atoms with Crippen LogP contribution < -0.4 is 4.90 Å². The van der Waals surface area contributed by atoms with Gasteiger partial charge in [-0.15, -0.1) is 10.2 Å². The van der Waals surface area contributed by atoms with E-state index in [-0.39, 0.29) is 29.3 Å². The summed E-state index contributed by atoms with van der Waals surface area (Å²) in [4.78, 5) is 19.2. The molecule has 2 fully saturated rings. The van der Waals surface area contributed by atoms with Gasteiger partial charge in [0, 0.05) is 17.3 Å². The number of carbonyl (C=O) groups excluding carboxylic acids is 1. The number of carbonyl (C=O) groups is 1. The number of benzene rings is 1. The molecule has 0 spiro atoms. The van der Waals surface area contributed by atoms with Gasteiger partial charge in [-0.25, -0.2) is 4.98 Å². The summed E-state index contributed by atoms with van der Waals surface area (Å²) in [5, 5.41) is 8.43. The molecular weight excluding hydrogens is 419 g/mol. The van der Waals surface area contributed by atoms with Gasteiger partial charge in [-0.3, -0.25) is 14.3 Å². The maximum absolute atomic E-state index is 13.5. The van der Waals surface area contributed by atoms with Crippen LogP contribution in [0.25, 0.3) is 5.69 Å². The normalized spacial score (nSPS) is 23.1. The van der Waals surface area contributed by atoms with Gasteiger partial charge in [0.25, 0.3) is 0 Å². The lowest BCUT2D eigenvalue weighted by Crippen LogP contribution is -2.33. The molecule has 2 aliphatic rings. The Bertz CT molecular complexity index is 1190. The maximum atomic E-state index is 13.5. The zero-order valence-corrected chi connectivity index (χ0v) is 17.7. The predicted octanol–water partition coefficient (Wildman–Crippen LogP) is 4.80. The third kappa shape index (κ3) is 3.36. The molecular formula is C23H22F3N5O. The summed E-state index contributed by atoms with van der Waals surface area (Å²) in [5.74, 6) is 0.0597. The van der Waals surface area contributed by atoms with E-state index in [0.717, 1.165) is 36.2 Å². The molecule has 1 saturated heterocycles. The van der Waals surface area contributed by atoms with Crippen molar-refractivity contribution in [3.05, 3.63) is 65.4 Å². The lowest BCUT2D eigenvalue weighted by molar-refractivity contribution is -0.137. The van der Waals surface area contributed by atoms with Crippen molar-refractivity contribution in [3.8, 4) is 5.69 Å².